The predicted molar refractivity (Wildman–Crippen MR) is 232 cm³/mol. The summed E-state index contributed by atoms with van der Waals surface area (Å²) < 4.78 is 12.6. The van der Waals surface area contributed by atoms with Gasteiger partial charge in [-0.05, 0) is 117 Å². The first-order valence-electron chi connectivity index (χ1n) is 19.7. The number of hydrogen-bond acceptors (Lipinski definition) is 4. The summed E-state index contributed by atoms with van der Waals surface area (Å²) in [6.07, 6.45) is 13.0. The van der Waals surface area contributed by atoms with Gasteiger partial charge in [0.1, 0.15) is 28.7 Å². The van der Waals surface area contributed by atoms with Gasteiger partial charge in [0.05, 0.1) is 5.71 Å². The van der Waals surface area contributed by atoms with Crippen LogP contribution >= 0.6 is 0 Å². The molecule has 8 aromatic rings. The number of furan rings is 2. The Morgan fingerprint density at radius 1 is 0.607 bits per heavy atom. The number of nitrogens with one attached hydrogen (secondary N) is 1. The fraction of sp³-hybridized carbons (Fsp3) is 0.135. The molecule has 0 amide bonds. The molecule has 0 spiro atoms. The van der Waals surface area contributed by atoms with E-state index in [1.807, 2.05) is 12.1 Å². The van der Waals surface area contributed by atoms with E-state index in [4.69, 9.17) is 13.8 Å². The van der Waals surface area contributed by atoms with Gasteiger partial charge < -0.3 is 14.2 Å². The van der Waals surface area contributed by atoms with Crippen LogP contribution in [-0.2, 0) is 6.42 Å². The van der Waals surface area contributed by atoms with E-state index in [2.05, 4.69) is 165 Å². The Hall–Kier alpha value is -6.65. The molecule has 11 rings (SSSR count). The smallest absolute Gasteiger partial charge is 0.141 e. The van der Waals surface area contributed by atoms with E-state index in [1.54, 1.807) is 0 Å². The van der Waals surface area contributed by atoms with Gasteiger partial charge in [0.2, 0.25) is 0 Å². The summed E-state index contributed by atoms with van der Waals surface area (Å²) in [6, 6.07) is 45.6. The highest BCUT2D eigenvalue weighted by Gasteiger charge is 2.27. The second-order valence-electron chi connectivity index (χ2n) is 15.7. The number of allylic oxidation sites excluding steroid dienone is 5. The number of aliphatic imine (C=N–C) groups is 1. The molecule has 56 heavy (non-hydrogen) atoms. The van der Waals surface area contributed by atoms with Crippen LogP contribution in [0.15, 0.2) is 171 Å². The quantitative estimate of drug-likeness (QED) is 0.192. The minimum atomic E-state index is -0.190. The molecule has 0 bridgehead atoms. The number of nitrogens with zero attached hydrogens (tertiary/aromatic N) is 1. The van der Waals surface area contributed by atoms with Crippen molar-refractivity contribution in [2.75, 3.05) is 0 Å². The number of benzene rings is 6. The van der Waals surface area contributed by atoms with E-state index in [1.165, 1.54) is 38.4 Å². The predicted octanol–water partition coefficient (Wildman–Crippen LogP) is 13.2. The molecular formula is C52H40N2O2. The minimum absolute atomic E-state index is 0.190. The lowest BCUT2D eigenvalue weighted by Gasteiger charge is -2.29. The van der Waals surface area contributed by atoms with Gasteiger partial charge in [0.25, 0.3) is 0 Å². The van der Waals surface area contributed by atoms with E-state index in [-0.39, 0.29) is 12.1 Å². The summed E-state index contributed by atoms with van der Waals surface area (Å²) in [4.78, 5) is 5.44. The van der Waals surface area contributed by atoms with Gasteiger partial charge in [-0.25, -0.2) is 0 Å². The molecule has 0 fully saturated rings. The molecule has 2 aromatic heterocycles. The Morgan fingerprint density at radius 2 is 1.34 bits per heavy atom. The summed E-state index contributed by atoms with van der Waals surface area (Å²) in [5, 5.41) is 9.77. The van der Waals surface area contributed by atoms with Crippen molar-refractivity contribution in [3.63, 3.8) is 0 Å². The Kier molecular flexibility index (Phi) is 7.60. The first-order valence-corrected chi connectivity index (χ1v) is 19.7. The van der Waals surface area contributed by atoms with E-state index in [0.717, 1.165) is 79.8 Å². The summed E-state index contributed by atoms with van der Waals surface area (Å²) in [5.41, 5.74) is 14.4. The van der Waals surface area contributed by atoms with E-state index < -0.39 is 0 Å². The monoisotopic (exact) mass is 724 g/mol. The van der Waals surface area contributed by atoms with E-state index >= 15 is 0 Å². The highest BCUT2D eigenvalue weighted by atomic mass is 16.3. The lowest BCUT2D eigenvalue weighted by molar-refractivity contribution is 0.518. The SMILES string of the molecule is CC1C=CC=C(C2N=C(c3cccc4ccccc34)C=C(c3cc(C4=Cc5c(oc6ccccc56)CC4C)cc(-c4ccc5oc6ccccc6c5c4)c3)N2)C1. The maximum Gasteiger partial charge on any atom is 0.141 e. The van der Waals surface area contributed by atoms with Crippen LogP contribution in [0.1, 0.15) is 48.3 Å². The van der Waals surface area contributed by atoms with Gasteiger partial charge in [-0.3, -0.25) is 4.99 Å². The third-order valence-electron chi connectivity index (χ3n) is 11.9. The van der Waals surface area contributed by atoms with Crippen LogP contribution in [0.5, 0.6) is 0 Å². The molecule has 4 heteroatoms. The molecule has 3 heterocycles. The minimum Gasteiger partial charge on any atom is -0.460 e. The highest BCUT2D eigenvalue weighted by Crippen LogP contribution is 2.42. The van der Waals surface area contributed by atoms with Crippen LogP contribution in [0.4, 0.5) is 0 Å². The lowest BCUT2D eigenvalue weighted by Crippen LogP contribution is -2.33. The van der Waals surface area contributed by atoms with E-state index in [9.17, 15) is 0 Å². The van der Waals surface area contributed by atoms with Crippen LogP contribution in [0, 0.1) is 11.8 Å². The number of para-hydroxylation sites is 2. The molecule has 4 nitrogen and oxygen atoms in total. The van der Waals surface area contributed by atoms with Gasteiger partial charge in [0.15, 0.2) is 0 Å². The average molecular weight is 725 g/mol. The molecule has 1 aliphatic heterocycles. The van der Waals surface area contributed by atoms with Gasteiger partial charge in [0, 0.05) is 39.4 Å². The maximum absolute atomic E-state index is 6.39. The third kappa shape index (κ3) is 5.55. The Balaban J connectivity index is 1.12. The summed E-state index contributed by atoms with van der Waals surface area (Å²) in [5.74, 6) is 1.78. The molecule has 3 atom stereocenters. The zero-order valence-electron chi connectivity index (χ0n) is 31.4. The number of fused-ring (bicyclic) bond motifs is 7. The Morgan fingerprint density at radius 3 is 2.21 bits per heavy atom. The van der Waals surface area contributed by atoms with Gasteiger partial charge in [-0.15, -0.1) is 0 Å². The zero-order chi connectivity index (χ0) is 37.3. The fourth-order valence-electron chi connectivity index (χ4n) is 9.05. The van der Waals surface area contributed by atoms with Gasteiger partial charge >= 0.3 is 0 Å². The Bertz CT molecular complexity index is 3050. The Labute approximate surface area is 325 Å². The third-order valence-corrected chi connectivity index (χ3v) is 11.9. The topological polar surface area (TPSA) is 50.7 Å². The van der Waals surface area contributed by atoms with Crippen molar-refractivity contribution in [1.82, 2.24) is 5.32 Å². The van der Waals surface area contributed by atoms with Crippen LogP contribution in [0.3, 0.4) is 0 Å². The molecule has 3 unspecified atom stereocenters. The average Bonchev–Trinajstić information content (AvgIpc) is 3.80. The van der Waals surface area contributed by atoms with Crippen LogP contribution in [0.25, 0.3) is 72.2 Å². The van der Waals surface area contributed by atoms with Crippen molar-refractivity contribution in [2.45, 2.75) is 32.9 Å². The lowest BCUT2D eigenvalue weighted by atomic mass is 9.82. The van der Waals surface area contributed by atoms with Crippen molar-refractivity contribution in [1.29, 1.82) is 0 Å². The fourth-order valence-corrected chi connectivity index (χ4v) is 9.05. The largest absolute Gasteiger partial charge is 0.460 e. The molecule has 6 aromatic carbocycles. The maximum atomic E-state index is 6.39. The molecule has 0 saturated carbocycles. The number of rotatable bonds is 5. The molecule has 0 radical (unpaired) electrons. The van der Waals surface area contributed by atoms with E-state index in [0.29, 0.717) is 5.92 Å². The first kappa shape index (κ1) is 32.8. The molecule has 0 saturated heterocycles. The highest BCUT2D eigenvalue weighted by molar-refractivity contribution is 6.19. The summed E-state index contributed by atoms with van der Waals surface area (Å²) in [6.45, 7) is 4.60. The molecule has 2 aliphatic carbocycles. The second-order valence-corrected chi connectivity index (χ2v) is 15.7. The van der Waals surface area contributed by atoms with Crippen molar-refractivity contribution in [3.05, 3.63) is 185 Å². The number of hydrogen-bond donors (Lipinski definition) is 1. The zero-order valence-corrected chi connectivity index (χ0v) is 31.4. The molecule has 270 valence electrons. The van der Waals surface area contributed by atoms with Crippen molar-refractivity contribution < 1.29 is 8.83 Å². The van der Waals surface area contributed by atoms with Gasteiger partial charge in [-0.1, -0.05) is 117 Å². The first-order chi connectivity index (χ1) is 27.5. The van der Waals surface area contributed by atoms with Crippen molar-refractivity contribution in [3.8, 4) is 11.1 Å². The van der Waals surface area contributed by atoms with Crippen molar-refractivity contribution in [2.24, 2.45) is 16.8 Å². The second kappa shape index (κ2) is 13.0. The normalized spacial score (nSPS) is 19.4. The van der Waals surface area contributed by atoms with Gasteiger partial charge in [-0.2, -0.15) is 0 Å². The summed E-state index contributed by atoms with van der Waals surface area (Å²) >= 11 is 0. The summed E-state index contributed by atoms with van der Waals surface area (Å²) in [7, 11) is 0. The van der Waals surface area contributed by atoms with Crippen LogP contribution in [-0.4, -0.2) is 11.9 Å². The molecular weight excluding hydrogens is 685 g/mol. The van der Waals surface area contributed by atoms with Crippen LogP contribution < -0.4 is 5.32 Å². The van der Waals surface area contributed by atoms with Crippen LogP contribution in [0.2, 0.25) is 0 Å². The molecule has 1 N–H and O–H groups in total. The van der Waals surface area contributed by atoms with Crippen molar-refractivity contribution >= 4 is 66.7 Å². The standard InChI is InChI=1S/C52H40N2O2/c1-31-11-9-14-35(23-31)52-53-46(30-47(54-52)40-18-10-13-33-12-3-4-15-39(33)40)38-26-36(34-21-22-50-44(28-34)41-16-5-7-19-48(41)55-50)25-37(27-38)43-29-45-42-17-6-8-20-49(42)56-51(45)24-32(43)2/h3-22,25-32,52-53H,23-24H2,1-2H3. The molecule has 3 aliphatic rings.